The van der Waals surface area contributed by atoms with E-state index in [1.165, 1.54) is 6.20 Å². The van der Waals surface area contributed by atoms with E-state index in [0.717, 1.165) is 22.8 Å². The first-order chi connectivity index (χ1) is 12.5. The summed E-state index contributed by atoms with van der Waals surface area (Å²) < 4.78 is 38.5. The summed E-state index contributed by atoms with van der Waals surface area (Å²) in [6, 6.07) is 10.1. The van der Waals surface area contributed by atoms with Crippen LogP contribution in [0.15, 0.2) is 42.6 Å². The van der Waals surface area contributed by atoms with E-state index in [1.807, 2.05) is 39.8 Å². The SMILES string of the molecule is CC.CC.N#CC1=CCCc2c1cccc2-c1ccnc(C(F)(F)F)c1. The van der Waals surface area contributed by atoms with E-state index in [-0.39, 0.29) is 0 Å². The summed E-state index contributed by atoms with van der Waals surface area (Å²) in [6.45, 7) is 8.00. The Hall–Kier alpha value is -2.61. The number of allylic oxidation sites excluding steroid dienone is 2. The molecule has 26 heavy (non-hydrogen) atoms. The third kappa shape index (κ3) is 4.72. The highest BCUT2D eigenvalue weighted by atomic mass is 19.4. The van der Waals surface area contributed by atoms with Gasteiger partial charge in [-0.15, -0.1) is 0 Å². The number of halogens is 3. The number of pyridine rings is 1. The molecule has 5 heteroatoms. The molecule has 0 unspecified atom stereocenters. The fourth-order valence-corrected chi connectivity index (χ4v) is 2.71. The maximum atomic E-state index is 12.8. The van der Waals surface area contributed by atoms with Crippen LogP contribution < -0.4 is 0 Å². The molecule has 1 heterocycles. The molecule has 1 aromatic carbocycles. The number of benzene rings is 1. The van der Waals surface area contributed by atoms with Gasteiger partial charge < -0.3 is 0 Å². The number of alkyl halides is 3. The summed E-state index contributed by atoms with van der Waals surface area (Å²) in [5, 5.41) is 9.17. The van der Waals surface area contributed by atoms with Crippen molar-refractivity contribution in [1.29, 1.82) is 5.26 Å². The Bertz CT molecular complexity index is 800. The van der Waals surface area contributed by atoms with E-state index < -0.39 is 11.9 Å². The van der Waals surface area contributed by atoms with Gasteiger partial charge in [-0.05, 0) is 47.2 Å². The van der Waals surface area contributed by atoms with Crippen molar-refractivity contribution in [2.75, 3.05) is 0 Å². The molecule has 2 nitrogen and oxygen atoms in total. The molecule has 2 aromatic rings. The van der Waals surface area contributed by atoms with Crippen LogP contribution in [-0.2, 0) is 12.6 Å². The van der Waals surface area contributed by atoms with Gasteiger partial charge in [-0.2, -0.15) is 18.4 Å². The molecule has 1 aliphatic rings. The Morgan fingerprint density at radius 2 is 1.69 bits per heavy atom. The summed E-state index contributed by atoms with van der Waals surface area (Å²) >= 11 is 0. The predicted octanol–water partition coefficient (Wildman–Crippen LogP) is 6.67. The van der Waals surface area contributed by atoms with E-state index in [4.69, 9.17) is 0 Å². The van der Waals surface area contributed by atoms with Crippen LogP contribution in [0.5, 0.6) is 0 Å². The molecule has 0 amide bonds. The molecule has 0 saturated carbocycles. The van der Waals surface area contributed by atoms with E-state index in [1.54, 1.807) is 18.2 Å². The number of nitrogens with zero attached hydrogens (tertiary/aromatic N) is 2. The molecule has 0 spiro atoms. The van der Waals surface area contributed by atoms with Crippen molar-refractivity contribution in [3.8, 4) is 17.2 Å². The lowest BCUT2D eigenvalue weighted by atomic mass is 9.86. The first-order valence-corrected chi connectivity index (χ1v) is 8.77. The van der Waals surface area contributed by atoms with Crippen molar-refractivity contribution in [1.82, 2.24) is 4.98 Å². The number of fused-ring (bicyclic) bond motifs is 1. The lowest BCUT2D eigenvalue weighted by Gasteiger charge is -2.18. The second-order valence-electron chi connectivity index (χ2n) is 5.03. The minimum atomic E-state index is -4.47. The smallest absolute Gasteiger partial charge is 0.252 e. The van der Waals surface area contributed by atoms with E-state index in [0.29, 0.717) is 24.0 Å². The molecule has 1 aliphatic carbocycles. The first-order valence-electron chi connectivity index (χ1n) is 8.77. The van der Waals surface area contributed by atoms with Crippen LogP contribution in [0.1, 0.15) is 50.9 Å². The molecule has 0 bridgehead atoms. The number of nitriles is 1. The lowest BCUT2D eigenvalue weighted by Crippen LogP contribution is -2.08. The van der Waals surface area contributed by atoms with Gasteiger partial charge in [-0.1, -0.05) is 52.0 Å². The Morgan fingerprint density at radius 1 is 1.04 bits per heavy atom. The molecule has 0 saturated heterocycles. The fourth-order valence-electron chi connectivity index (χ4n) is 2.71. The molecule has 1 aromatic heterocycles. The fraction of sp³-hybridized carbons (Fsp3) is 0.333. The van der Waals surface area contributed by atoms with Crippen molar-refractivity contribution >= 4 is 5.57 Å². The normalized spacial score (nSPS) is 12.3. The van der Waals surface area contributed by atoms with Crippen LogP contribution in [0, 0.1) is 11.3 Å². The Balaban J connectivity index is 0.000000791. The second-order valence-corrected chi connectivity index (χ2v) is 5.03. The zero-order valence-corrected chi connectivity index (χ0v) is 15.5. The number of aromatic nitrogens is 1. The van der Waals surface area contributed by atoms with Gasteiger partial charge in [0.2, 0.25) is 0 Å². The van der Waals surface area contributed by atoms with Gasteiger partial charge in [-0.25, -0.2) is 0 Å². The largest absolute Gasteiger partial charge is 0.433 e. The molecule has 0 fully saturated rings. The standard InChI is InChI=1S/C17H11F3N2.2C2H6/c18-17(19,20)16-9-11(7-8-22-16)13-4-2-5-14-12(10-21)3-1-6-15(13)14;2*1-2/h2-5,7-9H,1,6H2;2*1-2H3. The summed E-state index contributed by atoms with van der Waals surface area (Å²) in [5.41, 5.74) is 2.59. The average molecular weight is 360 g/mol. The van der Waals surface area contributed by atoms with Crippen molar-refractivity contribution in [3.05, 3.63) is 59.4 Å². The Labute approximate surface area is 153 Å². The number of rotatable bonds is 1. The molecular weight excluding hydrogens is 337 g/mol. The van der Waals surface area contributed by atoms with Crippen molar-refractivity contribution in [2.45, 2.75) is 46.7 Å². The van der Waals surface area contributed by atoms with Crippen molar-refractivity contribution < 1.29 is 13.2 Å². The van der Waals surface area contributed by atoms with E-state index in [2.05, 4.69) is 11.1 Å². The van der Waals surface area contributed by atoms with Crippen LogP contribution in [-0.4, -0.2) is 4.98 Å². The van der Waals surface area contributed by atoms with Crippen LogP contribution in [0.3, 0.4) is 0 Å². The van der Waals surface area contributed by atoms with Crippen molar-refractivity contribution in [3.63, 3.8) is 0 Å². The molecule has 0 N–H and O–H groups in total. The van der Waals surface area contributed by atoms with Crippen LogP contribution in [0.4, 0.5) is 13.2 Å². The van der Waals surface area contributed by atoms with Crippen molar-refractivity contribution in [2.24, 2.45) is 0 Å². The second kappa shape index (κ2) is 9.76. The van der Waals surface area contributed by atoms with Gasteiger partial charge in [0.1, 0.15) is 5.69 Å². The summed E-state index contributed by atoms with van der Waals surface area (Å²) in [5.74, 6) is 0. The molecular formula is C21H23F3N2. The molecule has 138 valence electrons. The minimum absolute atomic E-state index is 0.471. The predicted molar refractivity (Wildman–Crippen MR) is 99.3 cm³/mol. The van der Waals surface area contributed by atoms with Gasteiger partial charge in [0.15, 0.2) is 0 Å². The van der Waals surface area contributed by atoms with Gasteiger partial charge in [0, 0.05) is 6.20 Å². The zero-order valence-electron chi connectivity index (χ0n) is 15.5. The third-order valence-corrected chi connectivity index (χ3v) is 3.69. The highest BCUT2D eigenvalue weighted by Gasteiger charge is 2.32. The lowest BCUT2D eigenvalue weighted by molar-refractivity contribution is -0.141. The van der Waals surface area contributed by atoms with Gasteiger partial charge >= 0.3 is 6.18 Å². The number of hydrogen-bond donors (Lipinski definition) is 0. The van der Waals surface area contributed by atoms with Gasteiger partial charge in [-0.3, -0.25) is 4.98 Å². The minimum Gasteiger partial charge on any atom is -0.252 e. The van der Waals surface area contributed by atoms with Crippen LogP contribution in [0.2, 0.25) is 0 Å². The third-order valence-electron chi connectivity index (χ3n) is 3.69. The molecule has 0 atom stereocenters. The summed E-state index contributed by atoms with van der Waals surface area (Å²) in [6.07, 6.45) is -0.0196. The van der Waals surface area contributed by atoms with Gasteiger partial charge in [0.25, 0.3) is 0 Å². The molecule has 0 aliphatic heterocycles. The summed E-state index contributed by atoms with van der Waals surface area (Å²) in [4.78, 5) is 3.39. The summed E-state index contributed by atoms with van der Waals surface area (Å²) in [7, 11) is 0. The number of hydrogen-bond acceptors (Lipinski definition) is 2. The quantitative estimate of drug-likeness (QED) is 0.569. The van der Waals surface area contributed by atoms with Crippen LogP contribution in [0.25, 0.3) is 16.7 Å². The molecule has 3 rings (SSSR count). The molecule has 0 radical (unpaired) electrons. The van der Waals surface area contributed by atoms with E-state index in [9.17, 15) is 18.4 Å². The Kier molecular flexibility index (Phi) is 8.05. The monoisotopic (exact) mass is 360 g/mol. The van der Waals surface area contributed by atoms with Gasteiger partial charge in [0.05, 0.1) is 11.6 Å². The zero-order chi connectivity index (χ0) is 19.7. The first kappa shape index (κ1) is 21.4. The average Bonchev–Trinajstić information content (AvgIpc) is 2.69. The Morgan fingerprint density at radius 3 is 2.31 bits per heavy atom. The topological polar surface area (TPSA) is 36.7 Å². The van der Waals surface area contributed by atoms with E-state index >= 15 is 0 Å². The maximum absolute atomic E-state index is 12.8. The highest BCUT2D eigenvalue weighted by molar-refractivity contribution is 5.84. The van der Waals surface area contributed by atoms with Crippen LogP contribution >= 0.6 is 0 Å². The maximum Gasteiger partial charge on any atom is 0.433 e. The highest BCUT2D eigenvalue weighted by Crippen LogP contribution is 2.36.